The summed E-state index contributed by atoms with van der Waals surface area (Å²) in [6, 6.07) is 4.21. The zero-order valence-corrected chi connectivity index (χ0v) is 13.5. The summed E-state index contributed by atoms with van der Waals surface area (Å²) in [7, 11) is 0. The van der Waals surface area contributed by atoms with Crippen molar-refractivity contribution in [3.63, 3.8) is 0 Å². The van der Waals surface area contributed by atoms with Crippen molar-refractivity contribution in [1.82, 2.24) is 9.78 Å². The predicted molar refractivity (Wildman–Crippen MR) is 90.5 cm³/mol. The first-order chi connectivity index (χ1) is 11.4. The lowest BCUT2D eigenvalue weighted by Crippen LogP contribution is -2.26. The van der Waals surface area contributed by atoms with Crippen molar-refractivity contribution in [3.8, 4) is 5.75 Å². The molecule has 128 valence electrons. The highest BCUT2D eigenvalue weighted by atomic mass is 19.1. The predicted octanol–water partition coefficient (Wildman–Crippen LogP) is 1.15. The standard InChI is InChI=1S/C15H20FN7O/c1-3-23-7-10(9(2)22-23)8-24-13-5-4-11(6-12(13)16)20-15(19)21-14(17)18/h4-7H,3,8H2,1-2H3,(H6,17,18,19,20,21). The molecular formula is C15H20FN7O. The van der Waals surface area contributed by atoms with Crippen molar-refractivity contribution in [2.24, 2.45) is 27.2 Å². The molecule has 8 nitrogen and oxygen atoms in total. The zero-order chi connectivity index (χ0) is 17.7. The maximum absolute atomic E-state index is 14.1. The minimum Gasteiger partial charge on any atom is -0.486 e. The largest absolute Gasteiger partial charge is 0.486 e. The molecule has 0 aliphatic rings. The number of nitrogens with zero attached hydrogens (tertiary/aromatic N) is 4. The van der Waals surface area contributed by atoms with Gasteiger partial charge in [-0.2, -0.15) is 10.1 Å². The highest BCUT2D eigenvalue weighted by Gasteiger charge is 2.09. The first kappa shape index (κ1) is 17.3. The van der Waals surface area contributed by atoms with E-state index in [1.165, 1.54) is 12.1 Å². The van der Waals surface area contributed by atoms with Crippen LogP contribution in [-0.4, -0.2) is 21.7 Å². The number of aromatic nitrogens is 2. The van der Waals surface area contributed by atoms with E-state index >= 15 is 0 Å². The average molecular weight is 333 g/mol. The Bertz CT molecular complexity index is 778. The van der Waals surface area contributed by atoms with E-state index in [1.807, 2.05) is 20.0 Å². The van der Waals surface area contributed by atoms with Gasteiger partial charge in [-0.05, 0) is 26.0 Å². The molecule has 2 rings (SSSR count). The SMILES string of the molecule is CCn1cc(COc2ccc(N=C(N)N=C(N)N)cc2F)c(C)n1. The van der Waals surface area contributed by atoms with Crippen molar-refractivity contribution in [2.75, 3.05) is 0 Å². The lowest BCUT2D eigenvalue weighted by Gasteiger charge is -2.07. The number of hydrogen-bond acceptors (Lipinski definition) is 3. The number of halogens is 1. The summed E-state index contributed by atoms with van der Waals surface area (Å²) in [5, 5.41) is 4.31. The minimum atomic E-state index is -0.561. The Hall–Kier alpha value is -3.10. The maximum Gasteiger partial charge on any atom is 0.223 e. The molecule has 1 aromatic heterocycles. The van der Waals surface area contributed by atoms with Gasteiger partial charge >= 0.3 is 0 Å². The third-order valence-corrected chi connectivity index (χ3v) is 3.16. The molecule has 0 saturated heterocycles. The van der Waals surface area contributed by atoms with Crippen LogP contribution in [0.1, 0.15) is 18.2 Å². The van der Waals surface area contributed by atoms with Gasteiger partial charge < -0.3 is 21.9 Å². The van der Waals surface area contributed by atoms with Crippen LogP contribution in [0.15, 0.2) is 34.4 Å². The molecule has 0 aliphatic carbocycles. The smallest absolute Gasteiger partial charge is 0.223 e. The van der Waals surface area contributed by atoms with Crippen molar-refractivity contribution in [1.29, 1.82) is 0 Å². The number of nitrogens with two attached hydrogens (primary N) is 3. The number of guanidine groups is 2. The molecule has 0 radical (unpaired) electrons. The monoisotopic (exact) mass is 333 g/mol. The van der Waals surface area contributed by atoms with Crippen molar-refractivity contribution in [2.45, 2.75) is 27.0 Å². The number of benzene rings is 1. The third kappa shape index (κ3) is 4.45. The van der Waals surface area contributed by atoms with Crippen LogP contribution in [0.25, 0.3) is 0 Å². The Morgan fingerprint density at radius 1 is 1.33 bits per heavy atom. The maximum atomic E-state index is 14.1. The Morgan fingerprint density at radius 2 is 2.08 bits per heavy atom. The lowest BCUT2D eigenvalue weighted by atomic mass is 10.2. The summed E-state index contributed by atoms with van der Waals surface area (Å²) in [5.74, 6) is -0.836. The Morgan fingerprint density at radius 3 is 2.67 bits per heavy atom. The Balaban J connectivity index is 2.09. The van der Waals surface area contributed by atoms with Gasteiger partial charge in [-0.25, -0.2) is 9.38 Å². The molecule has 2 aromatic rings. The van der Waals surface area contributed by atoms with Crippen LogP contribution in [0.3, 0.4) is 0 Å². The van der Waals surface area contributed by atoms with Gasteiger partial charge in [0.2, 0.25) is 5.96 Å². The average Bonchev–Trinajstić information content (AvgIpc) is 2.86. The van der Waals surface area contributed by atoms with Gasteiger partial charge in [-0.3, -0.25) is 4.68 Å². The van der Waals surface area contributed by atoms with Gasteiger partial charge in [0.05, 0.1) is 11.4 Å². The second kappa shape index (κ2) is 7.44. The van der Waals surface area contributed by atoms with Gasteiger partial charge in [0, 0.05) is 24.4 Å². The van der Waals surface area contributed by atoms with Crippen LogP contribution >= 0.6 is 0 Å². The summed E-state index contributed by atoms with van der Waals surface area (Å²) >= 11 is 0. The molecule has 0 saturated carbocycles. The van der Waals surface area contributed by atoms with Crippen molar-refractivity contribution < 1.29 is 9.13 Å². The molecule has 9 heteroatoms. The third-order valence-electron chi connectivity index (χ3n) is 3.16. The van der Waals surface area contributed by atoms with E-state index < -0.39 is 5.82 Å². The van der Waals surface area contributed by atoms with Crippen molar-refractivity contribution in [3.05, 3.63) is 41.5 Å². The number of aliphatic imine (C=N–C) groups is 2. The van der Waals surface area contributed by atoms with Gasteiger partial charge in [-0.1, -0.05) is 0 Å². The van der Waals surface area contributed by atoms with E-state index in [9.17, 15) is 4.39 Å². The molecular weight excluding hydrogens is 313 g/mol. The Labute approximate surface area is 138 Å². The van der Waals surface area contributed by atoms with Crippen LogP contribution in [0.5, 0.6) is 5.75 Å². The molecule has 0 amide bonds. The molecule has 24 heavy (non-hydrogen) atoms. The van der Waals surface area contributed by atoms with E-state index in [0.29, 0.717) is 0 Å². The quantitative estimate of drug-likeness (QED) is 0.558. The summed E-state index contributed by atoms with van der Waals surface area (Å²) in [6.07, 6.45) is 1.88. The van der Waals surface area contributed by atoms with E-state index in [-0.39, 0.29) is 30.0 Å². The summed E-state index contributed by atoms with van der Waals surface area (Å²) in [6.45, 7) is 4.86. The van der Waals surface area contributed by atoms with Crippen molar-refractivity contribution >= 4 is 17.6 Å². The molecule has 0 unspecified atom stereocenters. The number of rotatable bonds is 5. The number of hydrogen-bond donors (Lipinski definition) is 3. The molecule has 0 atom stereocenters. The normalized spacial score (nSPS) is 11.4. The Kier molecular flexibility index (Phi) is 5.35. The van der Waals surface area contributed by atoms with Gasteiger partial charge in [-0.15, -0.1) is 0 Å². The zero-order valence-electron chi connectivity index (χ0n) is 13.5. The summed E-state index contributed by atoms with van der Waals surface area (Å²) in [4.78, 5) is 7.44. The van der Waals surface area contributed by atoms with E-state index in [2.05, 4.69) is 15.1 Å². The molecule has 1 aromatic carbocycles. The van der Waals surface area contributed by atoms with E-state index in [0.717, 1.165) is 17.8 Å². The second-order valence-electron chi connectivity index (χ2n) is 5.01. The fourth-order valence-corrected chi connectivity index (χ4v) is 1.98. The molecule has 0 spiro atoms. The highest BCUT2D eigenvalue weighted by Crippen LogP contribution is 2.24. The number of ether oxygens (including phenoxy) is 1. The topological polar surface area (TPSA) is 130 Å². The van der Waals surface area contributed by atoms with Crippen LogP contribution in [0.4, 0.5) is 10.1 Å². The van der Waals surface area contributed by atoms with Crippen LogP contribution in [-0.2, 0) is 13.2 Å². The summed E-state index contributed by atoms with van der Waals surface area (Å²) in [5.41, 5.74) is 17.9. The van der Waals surface area contributed by atoms with Crippen LogP contribution in [0.2, 0.25) is 0 Å². The van der Waals surface area contributed by atoms with Crippen LogP contribution < -0.4 is 21.9 Å². The fourth-order valence-electron chi connectivity index (χ4n) is 1.98. The highest BCUT2D eigenvalue weighted by molar-refractivity contribution is 5.93. The van der Waals surface area contributed by atoms with Gasteiger partial charge in [0.15, 0.2) is 17.5 Å². The molecule has 1 heterocycles. The molecule has 0 fully saturated rings. The van der Waals surface area contributed by atoms with E-state index in [4.69, 9.17) is 21.9 Å². The summed E-state index contributed by atoms with van der Waals surface area (Å²) < 4.78 is 21.4. The first-order valence-electron chi connectivity index (χ1n) is 7.28. The van der Waals surface area contributed by atoms with Crippen LogP contribution in [0, 0.1) is 12.7 Å². The van der Waals surface area contributed by atoms with Gasteiger partial charge in [0.1, 0.15) is 6.61 Å². The number of aryl methyl sites for hydroxylation is 2. The van der Waals surface area contributed by atoms with Gasteiger partial charge in [0.25, 0.3) is 0 Å². The first-order valence-corrected chi connectivity index (χ1v) is 7.28. The molecule has 6 N–H and O–H groups in total. The molecule has 0 aliphatic heterocycles. The lowest BCUT2D eigenvalue weighted by molar-refractivity contribution is 0.289. The minimum absolute atomic E-state index is 0.109. The second-order valence-corrected chi connectivity index (χ2v) is 5.01. The fraction of sp³-hybridized carbons (Fsp3) is 0.267. The molecule has 0 bridgehead atoms. The van der Waals surface area contributed by atoms with E-state index in [1.54, 1.807) is 10.7 Å².